The molecule has 0 bridgehead atoms. The molecule has 0 aliphatic heterocycles. The van der Waals surface area contributed by atoms with E-state index in [1.807, 2.05) is 0 Å². The summed E-state index contributed by atoms with van der Waals surface area (Å²) < 4.78 is 17.6. The maximum Gasteiger partial charge on any atom is 0.214 e. The average Bonchev–Trinajstić information content (AvgIpc) is 2.69. The van der Waals surface area contributed by atoms with Gasteiger partial charge >= 0.3 is 0 Å². The third-order valence-electron chi connectivity index (χ3n) is 1.73. The molecule has 2 aromatic rings. The molecule has 0 aliphatic carbocycles. The number of nitrogens with zero attached hydrogens (tertiary/aromatic N) is 2. The first kappa shape index (κ1) is 9.15. The van der Waals surface area contributed by atoms with Crippen LogP contribution in [0.25, 0.3) is 11.4 Å². The second kappa shape index (κ2) is 3.75. The van der Waals surface area contributed by atoms with E-state index in [-0.39, 0.29) is 11.7 Å². The van der Waals surface area contributed by atoms with Gasteiger partial charge in [-0.05, 0) is 23.8 Å². The Labute approximate surface area is 84.5 Å². The molecule has 0 saturated heterocycles. The van der Waals surface area contributed by atoms with Crippen molar-refractivity contribution in [2.75, 3.05) is 0 Å². The van der Waals surface area contributed by atoms with Crippen molar-refractivity contribution < 1.29 is 8.91 Å². The Morgan fingerprint density at radius 3 is 2.86 bits per heavy atom. The molecule has 0 unspecified atom stereocenters. The van der Waals surface area contributed by atoms with Crippen molar-refractivity contribution in [3.63, 3.8) is 0 Å². The summed E-state index contributed by atoms with van der Waals surface area (Å²) in [6.07, 6.45) is 1.20. The van der Waals surface area contributed by atoms with Gasteiger partial charge in [0.25, 0.3) is 0 Å². The number of aromatic nitrogens is 2. The van der Waals surface area contributed by atoms with Gasteiger partial charge in [-0.1, -0.05) is 5.16 Å². The van der Waals surface area contributed by atoms with Crippen LogP contribution in [0.3, 0.4) is 0 Å². The van der Waals surface area contributed by atoms with Gasteiger partial charge in [-0.3, -0.25) is 0 Å². The van der Waals surface area contributed by atoms with Gasteiger partial charge in [0.15, 0.2) is 0 Å². The normalized spacial score (nSPS) is 10.4. The summed E-state index contributed by atoms with van der Waals surface area (Å²) in [5.74, 6) is 0.251. The molecule has 0 aliphatic rings. The zero-order valence-electron chi connectivity index (χ0n) is 7.08. The van der Waals surface area contributed by atoms with Crippen LogP contribution in [-0.2, 0) is 5.88 Å². The van der Waals surface area contributed by atoms with E-state index in [4.69, 9.17) is 11.6 Å². The van der Waals surface area contributed by atoms with Crippen LogP contribution in [0, 0.1) is 5.82 Å². The highest BCUT2D eigenvalue weighted by Gasteiger charge is 2.06. The van der Waals surface area contributed by atoms with Crippen LogP contribution in [0.4, 0.5) is 4.39 Å². The summed E-state index contributed by atoms with van der Waals surface area (Å²) in [6, 6.07) is 4.43. The van der Waals surface area contributed by atoms with Gasteiger partial charge in [0.05, 0.1) is 0 Å². The lowest BCUT2D eigenvalue weighted by Crippen LogP contribution is -1.86. The minimum Gasteiger partial charge on any atom is -0.342 e. The number of alkyl halides is 1. The van der Waals surface area contributed by atoms with E-state index in [1.54, 1.807) is 6.07 Å². The summed E-state index contributed by atoms with van der Waals surface area (Å²) in [7, 11) is 0. The number of halogens is 2. The minimum absolute atomic E-state index is 0.253. The average molecular weight is 213 g/mol. The summed E-state index contributed by atoms with van der Waals surface area (Å²) in [5, 5.41) is 3.61. The van der Waals surface area contributed by atoms with Gasteiger partial charge < -0.3 is 4.52 Å². The van der Waals surface area contributed by atoms with E-state index >= 15 is 0 Å². The largest absolute Gasteiger partial charge is 0.342 e. The lowest BCUT2D eigenvalue weighted by molar-refractivity contribution is 0.418. The van der Waals surface area contributed by atoms with Crippen molar-refractivity contribution in [1.29, 1.82) is 0 Å². The molecular formula is C9H6ClFN2O. The molecule has 1 heterocycles. The molecule has 3 nitrogen and oxygen atoms in total. The van der Waals surface area contributed by atoms with Crippen molar-refractivity contribution in [3.8, 4) is 11.4 Å². The predicted molar refractivity (Wildman–Crippen MR) is 49.2 cm³/mol. The standard InChI is InChI=1S/C9H6ClFN2O/c10-4-6-1-7(3-8(11)2-6)9-12-5-14-13-9/h1-3,5H,4H2. The van der Waals surface area contributed by atoms with Crippen LogP contribution < -0.4 is 0 Å². The topological polar surface area (TPSA) is 38.9 Å². The molecule has 0 spiro atoms. The minimum atomic E-state index is -0.358. The summed E-state index contributed by atoms with van der Waals surface area (Å²) in [6.45, 7) is 0. The van der Waals surface area contributed by atoms with Gasteiger partial charge in [-0.25, -0.2) is 4.39 Å². The summed E-state index contributed by atoms with van der Waals surface area (Å²) >= 11 is 5.60. The van der Waals surface area contributed by atoms with Gasteiger partial charge in [-0.2, -0.15) is 4.98 Å². The van der Waals surface area contributed by atoms with E-state index < -0.39 is 0 Å². The molecule has 0 amide bonds. The van der Waals surface area contributed by atoms with Crippen LogP contribution in [0.1, 0.15) is 5.56 Å². The molecule has 5 heteroatoms. The van der Waals surface area contributed by atoms with Gasteiger partial charge in [0.1, 0.15) is 5.82 Å². The van der Waals surface area contributed by atoms with Crippen LogP contribution in [-0.4, -0.2) is 10.1 Å². The smallest absolute Gasteiger partial charge is 0.214 e. The van der Waals surface area contributed by atoms with Crippen molar-refractivity contribution in [2.24, 2.45) is 0 Å². The molecule has 0 radical (unpaired) electrons. The Morgan fingerprint density at radius 1 is 1.36 bits per heavy atom. The first-order valence-electron chi connectivity index (χ1n) is 3.92. The molecule has 1 aromatic carbocycles. The molecule has 2 rings (SSSR count). The van der Waals surface area contributed by atoms with Gasteiger partial charge in [0.2, 0.25) is 12.2 Å². The molecule has 0 atom stereocenters. The molecule has 1 aromatic heterocycles. The van der Waals surface area contributed by atoms with E-state index in [2.05, 4.69) is 14.7 Å². The van der Waals surface area contributed by atoms with Crippen molar-refractivity contribution in [1.82, 2.24) is 10.1 Å². The number of rotatable bonds is 2. The lowest BCUT2D eigenvalue weighted by Gasteiger charge is -1.99. The quantitative estimate of drug-likeness (QED) is 0.719. The summed E-state index contributed by atoms with van der Waals surface area (Å²) in [4.78, 5) is 3.82. The van der Waals surface area contributed by atoms with Crippen molar-refractivity contribution >= 4 is 11.6 Å². The van der Waals surface area contributed by atoms with Crippen molar-refractivity contribution in [3.05, 3.63) is 36.0 Å². The fourth-order valence-corrected chi connectivity index (χ4v) is 1.31. The molecule has 0 N–H and O–H groups in total. The first-order chi connectivity index (χ1) is 6.79. The second-order valence-corrected chi connectivity index (χ2v) is 3.00. The van der Waals surface area contributed by atoms with Crippen LogP contribution >= 0.6 is 11.6 Å². The molecule has 72 valence electrons. The third kappa shape index (κ3) is 1.75. The van der Waals surface area contributed by atoms with E-state index in [0.717, 1.165) is 0 Å². The molecule has 0 fully saturated rings. The molecular weight excluding hydrogens is 207 g/mol. The van der Waals surface area contributed by atoms with E-state index in [9.17, 15) is 4.39 Å². The Balaban J connectivity index is 2.48. The van der Waals surface area contributed by atoms with Crippen LogP contribution in [0.15, 0.2) is 29.1 Å². The van der Waals surface area contributed by atoms with Crippen molar-refractivity contribution in [2.45, 2.75) is 5.88 Å². The highest BCUT2D eigenvalue weighted by molar-refractivity contribution is 6.17. The predicted octanol–water partition coefficient (Wildman–Crippen LogP) is 2.61. The number of hydrogen-bond donors (Lipinski definition) is 0. The van der Waals surface area contributed by atoms with Gasteiger partial charge in [-0.15, -0.1) is 11.6 Å². The fourth-order valence-electron chi connectivity index (χ4n) is 1.15. The lowest BCUT2D eigenvalue weighted by atomic mass is 10.1. The Kier molecular flexibility index (Phi) is 2.45. The SMILES string of the molecule is Fc1cc(CCl)cc(-c2ncon2)c1. The van der Waals surface area contributed by atoms with Crippen LogP contribution in [0.2, 0.25) is 0 Å². The monoisotopic (exact) mass is 212 g/mol. The molecule has 14 heavy (non-hydrogen) atoms. The summed E-state index contributed by atoms with van der Waals surface area (Å²) in [5.41, 5.74) is 1.25. The maximum absolute atomic E-state index is 13.1. The number of hydrogen-bond acceptors (Lipinski definition) is 3. The van der Waals surface area contributed by atoms with E-state index in [1.165, 1.54) is 18.5 Å². The second-order valence-electron chi connectivity index (χ2n) is 2.74. The van der Waals surface area contributed by atoms with E-state index in [0.29, 0.717) is 17.0 Å². The maximum atomic E-state index is 13.1. The fraction of sp³-hybridized carbons (Fsp3) is 0.111. The highest BCUT2D eigenvalue weighted by atomic mass is 35.5. The highest BCUT2D eigenvalue weighted by Crippen LogP contribution is 2.19. The molecule has 0 saturated carbocycles. The zero-order chi connectivity index (χ0) is 9.97. The van der Waals surface area contributed by atoms with Crippen LogP contribution in [0.5, 0.6) is 0 Å². The zero-order valence-corrected chi connectivity index (χ0v) is 7.83. The Bertz CT molecular complexity index is 430. The third-order valence-corrected chi connectivity index (χ3v) is 2.04. The Hall–Kier alpha value is -1.42. The number of benzene rings is 1. The first-order valence-corrected chi connectivity index (χ1v) is 4.45. The van der Waals surface area contributed by atoms with Gasteiger partial charge in [0, 0.05) is 11.4 Å². The Morgan fingerprint density at radius 2 is 2.21 bits per heavy atom.